The topological polar surface area (TPSA) is 87.5 Å². The highest BCUT2D eigenvalue weighted by Gasteiger charge is 2.40. The number of aromatic nitrogens is 2. The minimum absolute atomic E-state index is 0. The lowest BCUT2D eigenvalue weighted by atomic mass is 10.0. The van der Waals surface area contributed by atoms with Crippen LogP contribution >= 0.6 is 12.4 Å². The van der Waals surface area contributed by atoms with Crippen molar-refractivity contribution in [3.05, 3.63) is 33.9 Å². The summed E-state index contributed by atoms with van der Waals surface area (Å²) in [4.78, 5) is 29.8. The first-order valence-corrected chi connectivity index (χ1v) is 9.03. The van der Waals surface area contributed by atoms with Gasteiger partial charge in [0.05, 0.1) is 5.39 Å². The molecule has 0 aliphatic carbocycles. The fourth-order valence-electron chi connectivity index (χ4n) is 4.05. The number of carbonyl (C=O) groups is 1. The molecule has 2 aliphatic heterocycles. The lowest BCUT2D eigenvalue weighted by Crippen LogP contribution is -2.45. The van der Waals surface area contributed by atoms with Crippen molar-refractivity contribution >= 4 is 35.2 Å². The summed E-state index contributed by atoms with van der Waals surface area (Å²) in [6.07, 6.45) is 1.45. The molecule has 2 aliphatic rings. The van der Waals surface area contributed by atoms with E-state index in [1.165, 1.54) is 0 Å². The van der Waals surface area contributed by atoms with E-state index < -0.39 is 53.7 Å². The van der Waals surface area contributed by atoms with Crippen molar-refractivity contribution < 1.29 is 27.5 Å². The second-order valence-corrected chi connectivity index (χ2v) is 7.48. The molecule has 2 aromatic heterocycles. The van der Waals surface area contributed by atoms with Crippen molar-refractivity contribution in [2.45, 2.75) is 24.0 Å². The number of hydrogen-bond acceptors (Lipinski definition) is 5. The standard InChI is InChI=1S/C18H18F4N4O3.ClH/c19-6-18(7-20,8-21)26-5-12(17(28)29)14(27)11-2-13(22)16(24-15(11)26)25-4-9-1-10(25)3-23-9;/h2,5,9-10,23H,1,3-4,6-8H2,(H,28,29);1H/t9?,10-;/m1./s1. The summed E-state index contributed by atoms with van der Waals surface area (Å²) in [7, 11) is 0. The van der Waals surface area contributed by atoms with Crippen LogP contribution < -0.4 is 15.6 Å². The first-order chi connectivity index (χ1) is 13.8. The maximum atomic E-state index is 14.8. The number of anilines is 1. The largest absolute Gasteiger partial charge is 0.477 e. The zero-order valence-corrected chi connectivity index (χ0v) is 16.4. The van der Waals surface area contributed by atoms with E-state index in [0.717, 1.165) is 12.5 Å². The average molecular weight is 451 g/mol. The molecule has 164 valence electrons. The summed E-state index contributed by atoms with van der Waals surface area (Å²) in [6.45, 7) is -3.47. The van der Waals surface area contributed by atoms with Gasteiger partial charge >= 0.3 is 5.97 Å². The number of aromatic carboxylic acids is 1. The molecule has 2 aromatic rings. The van der Waals surface area contributed by atoms with Crippen LogP contribution in [0.25, 0.3) is 11.0 Å². The highest BCUT2D eigenvalue weighted by molar-refractivity contribution is 5.92. The van der Waals surface area contributed by atoms with Crippen LogP contribution in [0, 0.1) is 5.82 Å². The molecule has 4 rings (SSSR count). The third-order valence-electron chi connectivity index (χ3n) is 5.73. The fourth-order valence-corrected chi connectivity index (χ4v) is 4.05. The minimum atomic E-state index is -2.40. The number of carboxylic acids is 1. The highest BCUT2D eigenvalue weighted by Crippen LogP contribution is 2.32. The summed E-state index contributed by atoms with van der Waals surface area (Å²) in [5.74, 6) is -2.65. The molecule has 2 atom stereocenters. The molecule has 2 bridgehead atoms. The molecule has 0 radical (unpaired) electrons. The van der Waals surface area contributed by atoms with Gasteiger partial charge in [-0.3, -0.25) is 4.79 Å². The van der Waals surface area contributed by atoms with Crippen LogP contribution in [0.1, 0.15) is 16.8 Å². The van der Waals surface area contributed by atoms with Crippen LogP contribution in [0.5, 0.6) is 0 Å². The van der Waals surface area contributed by atoms with Gasteiger partial charge in [0.15, 0.2) is 11.6 Å². The molecule has 30 heavy (non-hydrogen) atoms. The maximum absolute atomic E-state index is 14.8. The van der Waals surface area contributed by atoms with Crippen molar-refractivity contribution in [2.75, 3.05) is 38.0 Å². The predicted molar refractivity (Wildman–Crippen MR) is 104 cm³/mol. The van der Waals surface area contributed by atoms with Gasteiger partial charge in [-0.15, -0.1) is 12.4 Å². The van der Waals surface area contributed by atoms with Crippen molar-refractivity contribution in [3.8, 4) is 0 Å². The van der Waals surface area contributed by atoms with Crippen molar-refractivity contribution in [1.29, 1.82) is 0 Å². The quantitative estimate of drug-likeness (QED) is 0.653. The van der Waals surface area contributed by atoms with Gasteiger partial charge in [0.1, 0.15) is 36.8 Å². The highest BCUT2D eigenvalue weighted by atomic mass is 35.5. The Morgan fingerprint density at radius 2 is 1.97 bits per heavy atom. The van der Waals surface area contributed by atoms with Gasteiger partial charge in [0, 0.05) is 31.4 Å². The van der Waals surface area contributed by atoms with Crippen LogP contribution in [-0.4, -0.2) is 65.8 Å². The van der Waals surface area contributed by atoms with Crippen molar-refractivity contribution in [2.24, 2.45) is 0 Å². The van der Waals surface area contributed by atoms with E-state index in [-0.39, 0.29) is 36.0 Å². The molecular weight excluding hydrogens is 432 g/mol. The SMILES string of the molecule is Cl.O=C(O)c1cn(C(CF)(CF)CF)c2nc(N3CC4C[C@@H]3CN4)c(F)cc2c1=O. The third-order valence-corrected chi connectivity index (χ3v) is 5.73. The van der Waals surface area contributed by atoms with E-state index in [1.807, 2.05) is 0 Å². The van der Waals surface area contributed by atoms with Crippen LogP contribution in [0.4, 0.5) is 23.4 Å². The van der Waals surface area contributed by atoms with Crippen LogP contribution in [0.15, 0.2) is 17.1 Å². The van der Waals surface area contributed by atoms with E-state index in [4.69, 9.17) is 0 Å². The van der Waals surface area contributed by atoms with Crippen LogP contribution in [-0.2, 0) is 5.54 Å². The molecule has 2 saturated heterocycles. The number of hydrogen-bond donors (Lipinski definition) is 2. The second kappa shape index (κ2) is 8.03. The Labute approximate surface area is 174 Å². The van der Waals surface area contributed by atoms with E-state index >= 15 is 0 Å². The number of alkyl halides is 3. The maximum Gasteiger partial charge on any atom is 0.341 e. The Hall–Kier alpha value is -2.40. The Kier molecular flexibility index (Phi) is 5.96. The molecule has 4 heterocycles. The third kappa shape index (κ3) is 3.20. The Balaban J connectivity index is 0.00000256. The van der Waals surface area contributed by atoms with Gasteiger partial charge in [0.25, 0.3) is 0 Å². The molecule has 2 fully saturated rings. The Morgan fingerprint density at radius 1 is 1.30 bits per heavy atom. The average Bonchev–Trinajstić information content (AvgIpc) is 3.34. The van der Waals surface area contributed by atoms with E-state index in [2.05, 4.69) is 10.3 Å². The number of rotatable bonds is 6. The number of fused-ring (bicyclic) bond motifs is 3. The summed E-state index contributed by atoms with van der Waals surface area (Å²) in [5, 5.41) is 12.0. The molecule has 12 heteroatoms. The molecule has 0 spiro atoms. The minimum Gasteiger partial charge on any atom is -0.477 e. The number of pyridine rings is 2. The van der Waals surface area contributed by atoms with Gasteiger partial charge in [-0.25, -0.2) is 27.3 Å². The van der Waals surface area contributed by atoms with Gasteiger partial charge in [-0.2, -0.15) is 0 Å². The lowest BCUT2D eigenvalue weighted by Gasteiger charge is -2.31. The van der Waals surface area contributed by atoms with E-state index in [9.17, 15) is 32.3 Å². The monoisotopic (exact) mass is 450 g/mol. The number of carboxylic acid groups (broad SMARTS) is 1. The van der Waals surface area contributed by atoms with E-state index in [1.54, 1.807) is 4.90 Å². The van der Waals surface area contributed by atoms with E-state index in [0.29, 0.717) is 23.9 Å². The molecule has 0 saturated carbocycles. The number of halogens is 5. The lowest BCUT2D eigenvalue weighted by molar-refractivity contribution is 0.0691. The fraction of sp³-hybridized carbons (Fsp3) is 0.500. The predicted octanol–water partition coefficient (Wildman–Crippen LogP) is 1.81. The Morgan fingerprint density at radius 3 is 2.47 bits per heavy atom. The van der Waals surface area contributed by atoms with Crippen molar-refractivity contribution in [1.82, 2.24) is 14.9 Å². The van der Waals surface area contributed by atoms with Crippen LogP contribution in [0.2, 0.25) is 0 Å². The van der Waals surface area contributed by atoms with Gasteiger partial charge in [0.2, 0.25) is 5.43 Å². The number of piperazine rings is 1. The number of nitrogens with one attached hydrogen (secondary N) is 1. The summed E-state index contributed by atoms with van der Waals surface area (Å²) in [5.41, 5.74) is -4.67. The molecule has 2 N–H and O–H groups in total. The molecule has 1 unspecified atom stereocenters. The normalized spacial score (nSPS) is 20.6. The van der Waals surface area contributed by atoms with Gasteiger partial charge < -0.3 is 19.9 Å². The second-order valence-electron chi connectivity index (χ2n) is 7.48. The number of nitrogens with zero attached hydrogens (tertiary/aromatic N) is 3. The first kappa shape index (κ1) is 22.3. The molecule has 7 nitrogen and oxygen atoms in total. The summed E-state index contributed by atoms with van der Waals surface area (Å²) in [6, 6.07) is 0.920. The van der Waals surface area contributed by atoms with Crippen LogP contribution in [0.3, 0.4) is 0 Å². The zero-order chi connectivity index (χ0) is 20.9. The Bertz CT molecular complexity index is 1040. The first-order valence-electron chi connectivity index (χ1n) is 9.03. The summed E-state index contributed by atoms with van der Waals surface area (Å²) < 4.78 is 56.7. The van der Waals surface area contributed by atoms with Gasteiger partial charge in [-0.1, -0.05) is 0 Å². The summed E-state index contributed by atoms with van der Waals surface area (Å²) >= 11 is 0. The molecule has 0 aromatic carbocycles. The smallest absolute Gasteiger partial charge is 0.341 e. The molecular formula is C18H19ClF4N4O3. The zero-order valence-electron chi connectivity index (χ0n) is 15.6. The van der Waals surface area contributed by atoms with Crippen molar-refractivity contribution in [3.63, 3.8) is 0 Å². The van der Waals surface area contributed by atoms with Gasteiger partial charge in [-0.05, 0) is 12.5 Å². The molecule has 0 amide bonds.